The second kappa shape index (κ2) is 11.4. The minimum absolute atomic E-state index is 0.0135. The van der Waals surface area contributed by atoms with Crippen LogP contribution in [0.15, 0.2) is 95.6 Å². The highest BCUT2D eigenvalue weighted by Crippen LogP contribution is 2.26. The van der Waals surface area contributed by atoms with Crippen molar-refractivity contribution < 1.29 is 14.4 Å². The number of rotatable bonds is 9. The van der Waals surface area contributed by atoms with Crippen LogP contribution in [-0.4, -0.2) is 45.0 Å². The molecule has 0 radical (unpaired) electrons. The van der Waals surface area contributed by atoms with Crippen molar-refractivity contribution in [3.8, 4) is 11.5 Å². The van der Waals surface area contributed by atoms with Crippen LogP contribution in [-0.2, 0) is 24.2 Å². The van der Waals surface area contributed by atoms with E-state index in [0.29, 0.717) is 25.1 Å². The van der Waals surface area contributed by atoms with Crippen molar-refractivity contribution in [2.24, 2.45) is 0 Å². The fraction of sp³-hybridized carbons (Fsp3) is 0.310. The number of aliphatic hydroxyl groups is 1. The lowest BCUT2D eigenvalue weighted by atomic mass is 9.97. The topological polar surface area (TPSA) is 71.6 Å². The van der Waals surface area contributed by atoms with Crippen molar-refractivity contribution in [3.63, 3.8) is 0 Å². The summed E-state index contributed by atoms with van der Waals surface area (Å²) in [7, 11) is 0. The Hall–Kier alpha value is -3.32. The number of hydrogen-bond donors (Lipinski definition) is 1. The molecule has 1 aliphatic heterocycles. The number of pyridine rings is 1. The third-order valence-electron chi connectivity index (χ3n) is 6.43. The zero-order valence-corrected chi connectivity index (χ0v) is 19.7. The molecule has 1 fully saturated rings. The molecule has 4 aromatic rings. The highest BCUT2D eigenvalue weighted by atomic mass is 16.5. The summed E-state index contributed by atoms with van der Waals surface area (Å²) in [4.78, 5) is 6.69. The van der Waals surface area contributed by atoms with Crippen molar-refractivity contribution in [2.45, 2.75) is 50.7 Å². The van der Waals surface area contributed by atoms with Crippen LogP contribution in [0.2, 0.25) is 0 Å². The molecular weight excluding hydrogens is 438 g/mol. The molecule has 0 aliphatic carbocycles. The van der Waals surface area contributed by atoms with Crippen molar-refractivity contribution in [2.75, 3.05) is 6.54 Å². The normalized spacial score (nSPS) is 20.2. The third kappa shape index (κ3) is 6.42. The van der Waals surface area contributed by atoms with Gasteiger partial charge in [-0.15, -0.1) is 0 Å². The van der Waals surface area contributed by atoms with Crippen LogP contribution < -0.4 is 0 Å². The number of aliphatic hydroxyl groups excluding tert-OH is 1. The molecule has 1 N–H and O–H groups in total. The predicted molar refractivity (Wildman–Crippen MR) is 134 cm³/mol. The Balaban J connectivity index is 1.25. The maximum Gasteiger partial charge on any atom is 0.185 e. The average molecular weight is 470 g/mol. The van der Waals surface area contributed by atoms with Gasteiger partial charge in [-0.25, -0.2) is 0 Å². The number of nitrogens with zero attached hydrogens (tertiary/aromatic N) is 3. The first-order chi connectivity index (χ1) is 17.2. The lowest BCUT2D eigenvalue weighted by Gasteiger charge is -2.37. The van der Waals surface area contributed by atoms with Crippen molar-refractivity contribution in [3.05, 3.63) is 108 Å². The van der Waals surface area contributed by atoms with Gasteiger partial charge in [0.15, 0.2) is 5.76 Å². The van der Waals surface area contributed by atoms with E-state index < -0.39 is 6.10 Å². The van der Waals surface area contributed by atoms with Gasteiger partial charge in [0.1, 0.15) is 5.69 Å². The number of hydrogen-bond acceptors (Lipinski definition) is 6. The zero-order valence-electron chi connectivity index (χ0n) is 19.7. The van der Waals surface area contributed by atoms with Crippen LogP contribution in [0.25, 0.3) is 11.5 Å². The maximum atomic E-state index is 10.8. The van der Waals surface area contributed by atoms with Crippen molar-refractivity contribution in [1.29, 1.82) is 0 Å². The summed E-state index contributed by atoms with van der Waals surface area (Å²) in [5.41, 5.74) is 4.10. The van der Waals surface area contributed by atoms with Crippen LogP contribution >= 0.6 is 0 Å². The molecule has 0 amide bonds. The molecule has 0 spiro atoms. The lowest BCUT2D eigenvalue weighted by Crippen LogP contribution is -2.46. The van der Waals surface area contributed by atoms with Gasteiger partial charge in [0.25, 0.3) is 0 Å². The van der Waals surface area contributed by atoms with Gasteiger partial charge >= 0.3 is 0 Å². The summed E-state index contributed by atoms with van der Waals surface area (Å²) in [5, 5.41) is 15.0. The second-order valence-electron chi connectivity index (χ2n) is 9.18. The van der Waals surface area contributed by atoms with Crippen LogP contribution in [0.5, 0.6) is 0 Å². The van der Waals surface area contributed by atoms with Gasteiger partial charge in [0.05, 0.1) is 24.0 Å². The molecule has 0 bridgehead atoms. The molecule has 1 saturated heterocycles. The Morgan fingerprint density at radius 2 is 1.54 bits per heavy atom. The fourth-order valence-corrected chi connectivity index (χ4v) is 4.66. The van der Waals surface area contributed by atoms with E-state index in [4.69, 9.17) is 9.26 Å². The van der Waals surface area contributed by atoms with E-state index in [2.05, 4.69) is 63.6 Å². The first-order valence-corrected chi connectivity index (χ1v) is 12.2. The molecule has 3 atom stereocenters. The maximum absolute atomic E-state index is 10.8. The van der Waals surface area contributed by atoms with Gasteiger partial charge < -0.3 is 14.4 Å². The molecule has 2 aromatic heterocycles. The highest BCUT2D eigenvalue weighted by molar-refractivity contribution is 5.51. The van der Waals surface area contributed by atoms with Gasteiger partial charge in [-0.3, -0.25) is 9.88 Å². The van der Waals surface area contributed by atoms with E-state index in [0.717, 1.165) is 30.9 Å². The summed E-state index contributed by atoms with van der Waals surface area (Å²) >= 11 is 0. The Kier molecular flexibility index (Phi) is 7.63. The first-order valence-electron chi connectivity index (χ1n) is 12.2. The molecule has 2 aromatic carbocycles. The summed E-state index contributed by atoms with van der Waals surface area (Å²) in [6, 6.07) is 28.5. The SMILES string of the molecule is O[C@H]1CC[C@@H](Cc2cc(-c3ccccn3)on2)O[C@@H]1CN(Cc1ccccc1)Cc1ccccc1. The highest BCUT2D eigenvalue weighted by Gasteiger charge is 2.32. The van der Waals surface area contributed by atoms with E-state index in [1.807, 2.05) is 36.4 Å². The number of aromatic nitrogens is 2. The molecule has 0 saturated carbocycles. The van der Waals surface area contributed by atoms with Crippen molar-refractivity contribution in [1.82, 2.24) is 15.0 Å². The average Bonchev–Trinajstić information content (AvgIpc) is 3.36. The van der Waals surface area contributed by atoms with Gasteiger partial charge in [0.2, 0.25) is 0 Å². The standard InChI is InChI=1S/C29H31N3O3/c33-27-15-14-25(17-24-18-28(35-31-24)26-13-7-8-16-30-26)34-29(27)21-32(19-22-9-3-1-4-10-22)20-23-11-5-2-6-12-23/h1-13,16,18,25,27,29,33H,14-15,17,19-21H2/t25-,27-,29+/m0/s1. The summed E-state index contributed by atoms with van der Waals surface area (Å²) in [6.07, 6.45) is 3.14. The summed E-state index contributed by atoms with van der Waals surface area (Å²) in [6.45, 7) is 2.24. The Bertz CT molecular complexity index is 1130. The van der Waals surface area contributed by atoms with Gasteiger partial charge in [-0.2, -0.15) is 0 Å². The molecular formula is C29H31N3O3. The van der Waals surface area contributed by atoms with Crippen LogP contribution in [0, 0.1) is 0 Å². The molecule has 0 unspecified atom stereocenters. The van der Waals surface area contributed by atoms with Crippen LogP contribution in [0.1, 0.15) is 29.7 Å². The van der Waals surface area contributed by atoms with E-state index in [-0.39, 0.29) is 12.2 Å². The lowest BCUT2D eigenvalue weighted by molar-refractivity contribution is -0.127. The smallest absolute Gasteiger partial charge is 0.185 e. The molecule has 3 heterocycles. The number of ether oxygens (including phenoxy) is 1. The minimum Gasteiger partial charge on any atom is -0.390 e. The predicted octanol–water partition coefficient (Wildman–Crippen LogP) is 4.89. The summed E-state index contributed by atoms with van der Waals surface area (Å²) in [5.74, 6) is 0.657. The minimum atomic E-state index is -0.485. The molecule has 5 rings (SSSR count). The monoisotopic (exact) mass is 469 g/mol. The van der Waals surface area contributed by atoms with Crippen molar-refractivity contribution >= 4 is 0 Å². The summed E-state index contributed by atoms with van der Waals surface area (Å²) < 4.78 is 11.9. The van der Waals surface area contributed by atoms with E-state index in [1.54, 1.807) is 6.20 Å². The first kappa shape index (κ1) is 23.4. The van der Waals surface area contributed by atoms with Gasteiger partial charge in [-0.1, -0.05) is 71.9 Å². The van der Waals surface area contributed by atoms with Crippen LogP contribution in [0.3, 0.4) is 0 Å². The van der Waals surface area contributed by atoms with Gasteiger partial charge in [0, 0.05) is 38.3 Å². The van der Waals surface area contributed by atoms with E-state index in [1.165, 1.54) is 11.1 Å². The fourth-order valence-electron chi connectivity index (χ4n) is 4.66. The molecule has 35 heavy (non-hydrogen) atoms. The molecule has 1 aliphatic rings. The molecule has 6 nitrogen and oxygen atoms in total. The largest absolute Gasteiger partial charge is 0.390 e. The van der Waals surface area contributed by atoms with E-state index >= 15 is 0 Å². The molecule has 6 heteroatoms. The quantitative estimate of drug-likeness (QED) is 0.376. The molecule has 180 valence electrons. The van der Waals surface area contributed by atoms with Crippen LogP contribution in [0.4, 0.5) is 0 Å². The Labute approximate surface area is 206 Å². The third-order valence-corrected chi connectivity index (χ3v) is 6.43. The number of benzene rings is 2. The second-order valence-corrected chi connectivity index (χ2v) is 9.18. The zero-order chi connectivity index (χ0) is 23.9. The Morgan fingerprint density at radius 1 is 0.857 bits per heavy atom. The van der Waals surface area contributed by atoms with Gasteiger partial charge in [-0.05, 0) is 36.1 Å². The van der Waals surface area contributed by atoms with E-state index in [9.17, 15) is 5.11 Å². The Morgan fingerprint density at radius 3 is 2.20 bits per heavy atom.